The summed E-state index contributed by atoms with van der Waals surface area (Å²) in [4.78, 5) is 34.4. The minimum atomic E-state index is -0.123. The minimum absolute atomic E-state index is 0.0192. The molecule has 0 aliphatic heterocycles. The molecule has 2 heterocycles. The van der Waals surface area contributed by atoms with Gasteiger partial charge in [-0.15, -0.1) is 11.3 Å². The molecule has 4 rings (SSSR count). The first kappa shape index (κ1) is 27.4. The van der Waals surface area contributed by atoms with E-state index < -0.39 is 0 Å². The second-order valence-corrected chi connectivity index (χ2v) is 10.00. The fraction of sp³-hybridized carbons (Fsp3) is 0.333. The average molecular weight is 534 g/mol. The second-order valence-electron chi connectivity index (χ2n) is 9.05. The molecule has 2 aromatic heterocycles. The van der Waals surface area contributed by atoms with E-state index in [-0.39, 0.29) is 18.4 Å². The van der Waals surface area contributed by atoms with Crippen LogP contribution in [0.1, 0.15) is 34.1 Å². The first-order valence-corrected chi connectivity index (χ1v) is 13.8. The van der Waals surface area contributed by atoms with E-state index in [1.54, 1.807) is 18.1 Å². The van der Waals surface area contributed by atoms with Crippen LogP contribution in [0.3, 0.4) is 0 Å². The van der Waals surface area contributed by atoms with Gasteiger partial charge in [0.1, 0.15) is 12.3 Å². The Morgan fingerprint density at radius 3 is 2.53 bits per heavy atom. The third kappa shape index (κ3) is 7.24. The zero-order chi connectivity index (χ0) is 26.7. The van der Waals surface area contributed by atoms with Gasteiger partial charge in [-0.05, 0) is 60.5 Å². The third-order valence-electron chi connectivity index (χ3n) is 6.41. The molecule has 0 aliphatic rings. The molecule has 0 atom stereocenters. The van der Waals surface area contributed by atoms with Gasteiger partial charge in [-0.2, -0.15) is 0 Å². The average Bonchev–Trinajstić information content (AvgIpc) is 3.62. The van der Waals surface area contributed by atoms with Gasteiger partial charge in [-0.3, -0.25) is 9.59 Å². The molecule has 0 radical (unpaired) electrons. The lowest BCUT2D eigenvalue weighted by atomic mass is 10.1. The van der Waals surface area contributed by atoms with Crippen LogP contribution in [0.25, 0.3) is 10.9 Å². The lowest BCUT2D eigenvalue weighted by Gasteiger charge is -2.28. The third-order valence-corrected chi connectivity index (χ3v) is 7.27. The number of hydrogen-bond acceptors (Lipinski definition) is 5. The van der Waals surface area contributed by atoms with Crippen LogP contribution in [0.2, 0.25) is 0 Å². The van der Waals surface area contributed by atoms with E-state index in [9.17, 15) is 9.59 Å². The highest BCUT2D eigenvalue weighted by Crippen LogP contribution is 2.20. The van der Waals surface area contributed by atoms with Gasteiger partial charge < -0.3 is 24.3 Å². The van der Waals surface area contributed by atoms with Crippen LogP contribution in [-0.4, -0.2) is 66.6 Å². The van der Waals surface area contributed by atoms with E-state index >= 15 is 0 Å². The maximum atomic E-state index is 13.7. The lowest BCUT2D eigenvalue weighted by Crippen LogP contribution is -2.43. The van der Waals surface area contributed by atoms with E-state index in [4.69, 9.17) is 9.47 Å². The van der Waals surface area contributed by atoms with Crippen molar-refractivity contribution in [2.45, 2.75) is 26.3 Å². The van der Waals surface area contributed by atoms with Gasteiger partial charge >= 0.3 is 0 Å². The number of aromatic nitrogens is 1. The SMILES string of the molecule is CCOc1ccc(CN(CCc2c[nH]c3ccccc23)C(=O)CN(CCCOC)C(=O)c2cccs2)cc1. The number of nitrogens with one attached hydrogen (secondary N) is 1. The van der Waals surface area contributed by atoms with Gasteiger partial charge in [0.25, 0.3) is 5.91 Å². The maximum absolute atomic E-state index is 13.7. The number of nitrogens with zero attached hydrogens (tertiary/aromatic N) is 2. The van der Waals surface area contributed by atoms with Crippen LogP contribution >= 0.6 is 11.3 Å². The molecule has 0 saturated carbocycles. The topological polar surface area (TPSA) is 74.9 Å². The van der Waals surface area contributed by atoms with E-state index in [1.807, 2.05) is 65.9 Å². The summed E-state index contributed by atoms with van der Waals surface area (Å²) in [6.45, 7) is 4.54. The number of methoxy groups -OCH3 is 1. The maximum Gasteiger partial charge on any atom is 0.264 e. The van der Waals surface area contributed by atoms with E-state index in [0.29, 0.717) is 50.6 Å². The number of thiophene rings is 1. The summed E-state index contributed by atoms with van der Waals surface area (Å²) in [5.41, 5.74) is 3.26. The molecule has 2 aromatic carbocycles. The molecule has 0 fully saturated rings. The zero-order valence-electron chi connectivity index (χ0n) is 22.0. The Labute approximate surface area is 228 Å². The van der Waals surface area contributed by atoms with Crippen molar-refractivity contribution in [2.75, 3.05) is 40.0 Å². The normalized spacial score (nSPS) is 11.0. The predicted molar refractivity (Wildman–Crippen MR) is 152 cm³/mol. The van der Waals surface area contributed by atoms with Crippen molar-refractivity contribution in [1.82, 2.24) is 14.8 Å². The molecule has 0 saturated heterocycles. The van der Waals surface area contributed by atoms with Gasteiger partial charge in [0.15, 0.2) is 0 Å². The molecule has 0 bridgehead atoms. The Morgan fingerprint density at radius 2 is 1.79 bits per heavy atom. The number of carbonyl (C=O) groups excluding carboxylic acids is 2. The Balaban J connectivity index is 1.52. The first-order valence-electron chi connectivity index (χ1n) is 12.9. The molecule has 38 heavy (non-hydrogen) atoms. The summed E-state index contributed by atoms with van der Waals surface area (Å²) >= 11 is 1.39. The number of ether oxygens (including phenoxy) is 2. The van der Waals surface area contributed by atoms with Crippen LogP contribution in [0.5, 0.6) is 5.75 Å². The van der Waals surface area contributed by atoms with Crippen molar-refractivity contribution in [3.8, 4) is 5.75 Å². The predicted octanol–water partition coefficient (Wildman–Crippen LogP) is 5.38. The van der Waals surface area contributed by atoms with Crippen molar-refractivity contribution in [3.05, 3.63) is 88.2 Å². The Kier molecular flexibility index (Phi) is 9.95. The largest absolute Gasteiger partial charge is 0.494 e. The molecule has 0 spiro atoms. The minimum Gasteiger partial charge on any atom is -0.494 e. The van der Waals surface area contributed by atoms with Crippen LogP contribution in [0, 0.1) is 0 Å². The monoisotopic (exact) mass is 533 g/mol. The van der Waals surface area contributed by atoms with E-state index in [0.717, 1.165) is 27.8 Å². The highest BCUT2D eigenvalue weighted by Gasteiger charge is 2.23. The quantitative estimate of drug-likeness (QED) is 0.221. The van der Waals surface area contributed by atoms with Crippen LogP contribution < -0.4 is 4.74 Å². The van der Waals surface area contributed by atoms with Crippen molar-refractivity contribution in [1.29, 1.82) is 0 Å². The molecule has 2 amide bonds. The fourth-order valence-corrected chi connectivity index (χ4v) is 5.13. The fourth-order valence-electron chi connectivity index (χ4n) is 4.44. The molecule has 7 nitrogen and oxygen atoms in total. The van der Waals surface area contributed by atoms with Crippen LogP contribution in [-0.2, 0) is 22.5 Å². The van der Waals surface area contributed by atoms with E-state index in [2.05, 4.69) is 17.1 Å². The van der Waals surface area contributed by atoms with Gasteiger partial charge in [-0.1, -0.05) is 36.4 Å². The molecule has 0 unspecified atom stereocenters. The number of rotatable bonds is 14. The Morgan fingerprint density at radius 1 is 0.974 bits per heavy atom. The summed E-state index contributed by atoms with van der Waals surface area (Å²) in [5, 5.41) is 3.04. The smallest absolute Gasteiger partial charge is 0.264 e. The van der Waals surface area contributed by atoms with Gasteiger partial charge in [0.2, 0.25) is 5.91 Å². The summed E-state index contributed by atoms with van der Waals surface area (Å²) in [6.07, 6.45) is 3.38. The van der Waals surface area contributed by atoms with E-state index in [1.165, 1.54) is 11.3 Å². The highest BCUT2D eigenvalue weighted by molar-refractivity contribution is 7.12. The number of carbonyl (C=O) groups is 2. The van der Waals surface area contributed by atoms with Gasteiger partial charge in [0, 0.05) is 50.5 Å². The summed E-state index contributed by atoms with van der Waals surface area (Å²) in [5.74, 6) is 0.599. The number of benzene rings is 2. The first-order chi connectivity index (χ1) is 18.6. The van der Waals surface area contributed by atoms with Crippen molar-refractivity contribution >= 4 is 34.1 Å². The van der Waals surface area contributed by atoms with Crippen molar-refractivity contribution < 1.29 is 19.1 Å². The Bertz CT molecular complexity index is 1300. The summed E-state index contributed by atoms with van der Waals surface area (Å²) < 4.78 is 10.8. The molecule has 1 N–H and O–H groups in total. The number of para-hydroxylation sites is 1. The number of aromatic amines is 1. The molecule has 0 aliphatic carbocycles. The van der Waals surface area contributed by atoms with Crippen molar-refractivity contribution in [3.63, 3.8) is 0 Å². The molecular weight excluding hydrogens is 498 g/mol. The highest BCUT2D eigenvalue weighted by atomic mass is 32.1. The summed E-state index contributed by atoms with van der Waals surface area (Å²) in [6, 6.07) is 19.7. The van der Waals surface area contributed by atoms with Crippen LogP contribution in [0.4, 0.5) is 0 Å². The molecule has 8 heteroatoms. The van der Waals surface area contributed by atoms with Crippen LogP contribution in [0.15, 0.2) is 72.2 Å². The number of fused-ring (bicyclic) bond motifs is 1. The molecule has 4 aromatic rings. The second kappa shape index (κ2) is 13.8. The van der Waals surface area contributed by atoms with Crippen molar-refractivity contribution in [2.24, 2.45) is 0 Å². The van der Waals surface area contributed by atoms with Gasteiger partial charge in [0.05, 0.1) is 11.5 Å². The Hall–Kier alpha value is -3.62. The number of amides is 2. The number of H-pyrrole nitrogens is 1. The zero-order valence-corrected chi connectivity index (χ0v) is 22.8. The molecule has 200 valence electrons. The molecular formula is C30H35N3O4S. The number of hydrogen-bond donors (Lipinski definition) is 1. The van der Waals surface area contributed by atoms with Gasteiger partial charge in [-0.25, -0.2) is 0 Å². The summed E-state index contributed by atoms with van der Waals surface area (Å²) in [7, 11) is 1.64. The standard InChI is InChI=1S/C30H35N3O4S/c1-3-37-25-13-11-23(12-14-25)21-32(17-15-24-20-31-27-9-5-4-8-26(24)27)29(34)22-33(16-7-18-36-2)30(35)28-10-6-19-38-28/h4-6,8-14,19-20,31H,3,7,15-18,21-22H2,1-2H3. The lowest BCUT2D eigenvalue weighted by molar-refractivity contribution is -0.132.